The highest BCUT2D eigenvalue weighted by Gasteiger charge is 2.18. The van der Waals surface area contributed by atoms with Crippen molar-refractivity contribution in [2.24, 2.45) is 0 Å². The molecule has 0 aliphatic heterocycles. The highest BCUT2D eigenvalue weighted by atomic mass is 32.1. The maximum absolute atomic E-state index is 12.2. The van der Waals surface area contributed by atoms with Crippen LogP contribution in [0.25, 0.3) is 10.2 Å². The normalized spacial score (nSPS) is 12.6. The van der Waals surface area contributed by atoms with Crippen LogP contribution in [0.1, 0.15) is 49.0 Å². The van der Waals surface area contributed by atoms with Gasteiger partial charge in [0.1, 0.15) is 9.71 Å². The van der Waals surface area contributed by atoms with E-state index in [-0.39, 0.29) is 11.9 Å². The molecule has 2 heterocycles. The van der Waals surface area contributed by atoms with Crippen LogP contribution in [0.15, 0.2) is 12.1 Å². The number of rotatable bonds is 5. The number of nitrogens with zero attached hydrogens (tertiary/aromatic N) is 1. The third-order valence-corrected chi connectivity index (χ3v) is 4.47. The lowest BCUT2D eigenvalue weighted by Crippen LogP contribution is -2.31. The Labute approximate surface area is 123 Å². The molecule has 0 aliphatic rings. The molecule has 20 heavy (non-hydrogen) atoms. The van der Waals surface area contributed by atoms with Gasteiger partial charge < -0.3 is 11.1 Å². The molecule has 3 N–H and O–H groups in total. The highest BCUT2D eigenvalue weighted by Crippen LogP contribution is 2.32. The lowest BCUT2D eigenvalue weighted by atomic mass is 10.2. The Kier molecular flexibility index (Phi) is 4.60. The maximum atomic E-state index is 12.2. The van der Waals surface area contributed by atoms with E-state index in [0.29, 0.717) is 10.6 Å². The number of nitrogens with two attached hydrogens (primary N) is 1. The first-order chi connectivity index (χ1) is 9.56. The Bertz CT molecular complexity index is 621. The van der Waals surface area contributed by atoms with E-state index in [1.165, 1.54) is 11.3 Å². The SMILES string of the molecule is CCCc1ccc2c(N)c(C(=O)NC(C)CC)sc2n1. The minimum Gasteiger partial charge on any atom is -0.397 e. The summed E-state index contributed by atoms with van der Waals surface area (Å²) in [5, 5.41) is 3.83. The molecule has 2 rings (SSSR count). The zero-order valence-corrected chi connectivity index (χ0v) is 13.0. The minimum absolute atomic E-state index is 0.100. The van der Waals surface area contributed by atoms with Crippen LogP contribution in [-0.2, 0) is 6.42 Å². The van der Waals surface area contributed by atoms with Crippen molar-refractivity contribution < 1.29 is 4.79 Å². The fourth-order valence-corrected chi connectivity index (χ4v) is 3.01. The van der Waals surface area contributed by atoms with Gasteiger partial charge in [-0.15, -0.1) is 11.3 Å². The van der Waals surface area contributed by atoms with Gasteiger partial charge in [-0.25, -0.2) is 4.98 Å². The van der Waals surface area contributed by atoms with Crippen LogP contribution in [0.4, 0.5) is 5.69 Å². The molecule has 0 saturated carbocycles. The number of aryl methyl sites for hydroxylation is 1. The van der Waals surface area contributed by atoms with Gasteiger partial charge in [0.05, 0.1) is 5.69 Å². The monoisotopic (exact) mass is 291 g/mol. The molecular weight excluding hydrogens is 270 g/mol. The van der Waals surface area contributed by atoms with Gasteiger partial charge in [-0.05, 0) is 31.9 Å². The van der Waals surface area contributed by atoms with Gasteiger partial charge in [-0.3, -0.25) is 4.79 Å². The molecular formula is C15H21N3OS. The quantitative estimate of drug-likeness (QED) is 0.887. The van der Waals surface area contributed by atoms with E-state index in [1.54, 1.807) is 0 Å². The molecule has 0 spiro atoms. The molecule has 0 bridgehead atoms. The summed E-state index contributed by atoms with van der Waals surface area (Å²) in [5.41, 5.74) is 7.68. The number of aromatic nitrogens is 1. The molecule has 1 atom stereocenters. The standard InChI is InChI=1S/C15H21N3OS/c1-4-6-10-7-8-11-12(16)13(20-15(11)18-10)14(19)17-9(3)5-2/h7-9H,4-6,16H2,1-3H3,(H,17,19). The van der Waals surface area contributed by atoms with Gasteiger partial charge in [-0.2, -0.15) is 0 Å². The van der Waals surface area contributed by atoms with E-state index >= 15 is 0 Å². The molecule has 1 unspecified atom stereocenters. The van der Waals surface area contributed by atoms with Crippen LogP contribution in [0.2, 0.25) is 0 Å². The summed E-state index contributed by atoms with van der Waals surface area (Å²) in [6.45, 7) is 6.15. The smallest absolute Gasteiger partial charge is 0.263 e. The minimum atomic E-state index is -0.100. The first-order valence-corrected chi connectivity index (χ1v) is 7.87. The average Bonchev–Trinajstić information content (AvgIpc) is 2.76. The van der Waals surface area contributed by atoms with E-state index in [9.17, 15) is 4.79 Å². The van der Waals surface area contributed by atoms with Crippen LogP contribution in [0, 0.1) is 0 Å². The average molecular weight is 291 g/mol. The molecule has 5 heteroatoms. The van der Waals surface area contributed by atoms with Gasteiger partial charge in [0.2, 0.25) is 0 Å². The molecule has 0 saturated heterocycles. The van der Waals surface area contributed by atoms with E-state index in [2.05, 4.69) is 17.2 Å². The lowest BCUT2D eigenvalue weighted by molar-refractivity contribution is 0.0944. The van der Waals surface area contributed by atoms with Crippen LogP contribution in [0.5, 0.6) is 0 Å². The molecule has 0 aromatic carbocycles. The van der Waals surface area contributed by atoms with Crippen molar-refractivity contribution in [3.05, 3.63) is 22.7 Å². The van der Waals surface area contributed by atoms with Crippen LogP contribution in [0.3, 0.4) is 0 Å². The summed E-state index contributed by atoms with van der Waals surface area (Å²) in [4.78, 5) is 18.2. The largest absolute Gasteiger partial charge is 0.397 e. The van der Waals surface area contributed by atoms with Gasteiger partial charge >= 0.3 is 0 Å². The number of hydrogen-bond acceptors (Lipinski definition) is 4. The van der Waals surface area contributed by atoms with Crippen LogP contribution >= 0.6 is 11.3 Å². The first kappa shape index (κ1) is 14.8. The molecule has 4 nitrogen and oxygen atoms in total. The summed E-state index contributed by atoms with van der Waals surface area (Å²) in [5.74, 6) is -0.100. The van der Waals surface area contributed by atoms with Gasteiger partial charge in [0, 0.05) is 17.1 Å². The number of carbonyl (C=O) groups is 1. The maximum Gasteiger partial charge on any atom is 0.263 e. The highest BCUT2D eigenvalue weighted by molar-refractivity contribution is 7.21. The van der Waals surface area contributed by atoms with Crippen molar-refractivity contribution in [1.29, 1.82) is 0 Å². The number of amides is 1. The third-order valence-electron chi connectivity index (χ3n) is 3.35. The topological polar surface area (TPSA) is 68.0 Å². The van der Waals surface area contributed by atoms with Crippen molar-refractivity contribution in [3.8, 4) is 0 Å². The number of fused-ring (bicyclic) bond motifs is 1. The van der Waals surface area contributed by atoms with E-state index in [0.717, 1.165) is 35.2 Å². The summed E-state index contributed by atoms with van der Waals surface area (Å²) in [7, 11) is 0. The number of anilines is 1. The Hall–Kier alpha value is -1.62. The van der Waals surface area contributed by atoms with Crippen molar-refractivity contribution in [2.45, 2.75) is 46.1 Å². The number of hydrogen-bond donors (Lipinski definition) is 2. The number of pyridine rings is 1. The molecule has 0 aliphatic carbocycles. The van der Waals surface area contributed by atoms with Crippen molar-refractivity contribution in [1.82, 2.24) is 10.3 Å². The third kappa shape index (κ3) is 2.93. The molecule has 1 amide bonds. The fourth-order valence-electron chi connectivity index (χ4n) is 1.99. The lowest BCUT2D eigenvalue weighted by Gasteiger charge is -2.10. The molecule has 2 aromatic heterocycles. The second-order valence-corrected chi connectivity index (χ2v) is 6.03. The predicted molar refractivity (Wildman–Crippen MR) is 85.2 cm³/mol. The Morgan fingerprint density at radius 1 is 1.45 bits per heavy atom. The Balaban J connectivity index is 2.35. The second kappa shape index (κ2) is 6.22. The van der Waals surface area contributed by atoms with Gasteiger partial charge in [0.15, 0.2) is 0 Å². The van der Waals surface area contributed by atoms with Crippen LogP contribution in [-0.4, -0.2) is 16.9 Å². The molecule has 108 valence electrons. The molecule has 2 aromatic rings. The van der Waals surface area contributed by atoms with Gasteiger partial charge in [0.25, 0.3) is 5.91 Å². The number of nitrogen functional groups attached to an aromatic ring is 1. The summed E-state index contributed by atoms with van der Waals surface area (Å²) in [6, 6.07) is 4.11. The number of thiophene rings is 1. The number of carbonyl (C=O) groups excluding carboxylic acids is 1. The van der Waals surface area contributed by atoms with E-state index in [4.69, 9.17) is 5.73 Å². The molecule has 0 fully saturated rings. The predicted octanol–water partition coefficient (Wildman–Crippen LogP) is 3.36. The van der Waals surface area contributed by atoms with Crippen molar-refractivity contribution >= 4 is 33.1 Å². The summed E-state index contributed by atoms with van der Waals surface area (Å²) in [6.07, 6.45) is 2.90. The molecule has 0 radical (unpaired) electrons. The van der Waals surface area contributed by atoms with Crippen molar-refractivity contribution in [3.63, 3.8) is 0 Å². The zero-order valence-electron chi connectivity index (χ0n) is 12.2. The fraction of sp³-hybridized carbons (Fsp3) is 0.467. The van der Waals surface area contributed by atoms with E-state index in [1.807, 2.05) is 26.0 Å². The first-order valence-electron chi connectivity index (χ1n) is 7.05. The van der Waals surface area contributed by atoms with Crippen molar-refractivity contribution in [2.75, 3.05) is 5.73 Å². The van der Waals surface area contributed by atoms with Crippen LogP contribution < -0.4 is 11.1 Å². The van der Waals surface area contributed by atoms with E-state index < -0.39 is 0 Å². The summed E-state index contributed by atoms with van der Waals surface area (Å²) >= 11 is 1.38. The Morgan fingerprint density at radius 2 is 2.20 bits per heavy atom. The number of nitrogens with one attached hydrogen (secondary N) is 1. The summed E-state index contributed by atoms with van der Waals surface area (Å²) < 4.78 is 0. The van der Waals surface area contributed by atoms with Gasteiger partial charge in [-0.1, -0.05) is 20.3 Å². The zero-order chi connectivity index (χ0) is 14.7. The Morgan fingerprint density at radius 3 is 2.85 bits per heavy atom. The second-order valence-electron chi connectivity index (χ2n) is 5.03.